The highest BCUT2D eigenvalue weighted by atomic mass is 16.6. The number of aliphatic carboxylic acids is 1. The predicted molar refractivity (Wildman–Crippen MR) is 247 cm³/mol. The minimum Gasteiger partial charge on any atom is -0.481 e. The first-order chi connectivity index (χ1) is 29.8. The van der Waals surface area contributed by atoms with Crippen molar-refractivity contribution in [1.82, 2.24) is 30.0 Å². The van der Waals surface area contributed by atoms with Crippen LogP contribution in [0.4, 0.5) is 9.59 Å². The Balaban J connectivity index is 0.000000230. The van der Waals surface area contributed by atoms with Gasteiger partial charge in [-0.25, -0.2) is 9.59 Å². The summed E-state index contributed by atoms with van der Waals surface area (Å²) in [6, 6.07) is 8.44. The van der Waals surface area contributed by atoms with Gasteiger partial charge in [0.05, 0.1) is 5.92 Å². The van der Waals surface area contributed by atoms with E-state index in [0.717, 1.165) is 76.8 Å². The Morgan fingerprint density at radius 1 is 0.603 bits per heavy atom. The van der Waals surface area contributed by atoms with Gasteiger partial charge in [-0.3, -0.25) is 19.6 Å². The van der Waals surface area contributed by atoms with E-state index in [1.165, 1.54) is 43.5 Å². The van der Waals surface area contributed by atoms with Crippen LogP contribution in [0, 0.1) is 35.5 Å². The van der Waals surface area contributed by atoms with Crippen molar-refractivity contribution in [3.05, 3.63) is 60.2 Å². The fourth-order valence-corrected chi connectivity index (χ4v) is 9.19. The summed E-state index contributed by atoms with van der Waals surface area (Å²) in [4.78, 5) is 61.4. The molecule has 2 aromatic rings. The fraction of sp³-hybridized carbons (Fsp3) is 0.720. The molecule has 0 radical (unpaired) electrons. The molecule has 13 heteroatoms. The summed E-state index contributed by atoms with van der Waals surface area (Å²) < 4.78 is 10.7. The molecule has 0 aromatic carbocycles. The highest BCUT2D eigenvalue weighted by Crippen LogP contribution is 2.33. The molecule has 4 aliphatic rings. The first-order valence-corrected chi connectivity index (χ1v) is 23.7. The molecule has 4 heterocycles. The average molecular weight is 877 g/mol. The van der Waals surface area contributed by atoms with Crippen molar-refractivity contribution in [3.8, 4) is 0 Å². The highest BCUT2D eigenvalue weighted by Gasteiger charge is 2.33. The number of piperidine rings is 2. The molecule has 13 nitrogen and oxygen atoms in total. The smallest absolute Gasteiger partial charge is 0.410 e. The van der Waals surface area contributed by atoms with Crippen LogP contribution < -0.4 is 5.32 Å². The van der Waals surface area contributed by atoms with Crippen molar-refractivity contribution in [1.29, 1.82) is 0 Å². The molecule has 63 heavy (non-hydrogen) atoms. The Morgan fingerprint density at radius 3 is 1.37 bits per heavy atom. The molecule has 2 N–H and O–H groups in total. The number of ether oxygens (including phenoxy) is 2. The van der Waals surface area contributed by atoms with Gasteiger partial charge in [0.15, 0.2) is 0 Å². The van der Waals surface area contributed by atoms with Crippen LogP contribution in [0.5, 0.6) is 0 Å². The second-order valence-corrected chi connectivity index (χ2v) is 20.6. The van der Waals surface area contributed by atoms with Crippen LogP contribution in [0.1, 0.15) is 130 Å². The Labute approximate surface area is 378 Å². The average Bonchev–Trinajstić information content (AvgIpc) is 3.24. The molecule has 6 rings (SSSR count). The molecule has 2 aliphatic heterocycles. The molecule has 0 atom stereocenters. The van der Waals surface area contributed by atoms with Crippen LogP contribution in [0.3, 0.4) is 0 Å². The summed E-state index contributed by atoms with van der Waals surface area (Å²) in [6.07, 6.45) is 21.1. The van der Waals surface area contributed by atoms with Gasteiger partial charge in [0.1, 0.15) is 11.2 Å². The lowest BCUT2D eigenvalue weighted by atomic mass is 9.80. The molecule has 0 unspecified atom stereocenters. The van der Waals surface area contributed by atoms with Crippen molar-refractivity contribution < 1.29 is 33.8 Å². The largest absolute Gasteiger partial charge is 0.481 e. The van der Waals surface area contributed by atoms with Gasteiger partial charge in [0.25, 0.3) is 0 Å². The second-order valence-electron chi connectivity index (χ2n) is 20.6. The molecule has 4 fully saturated rings. The first kappa shape index (κ1) is 51.4. The molecule has 352 valence electrons. The topological polar surface area (TPSA) is 154 Å². The molecule has 0 bridgehead atoms. The van der Waals surface area contributed by atoms with E-state index >= 15 is 0 Å². The van der Waals surface area contributed by atoms with Gasteiger partial charge in [-0.1, -0.05) is 0 Å². The summed E-state index contributed by atoms with van der Waals surface area (Å²) in [5, 5.41) is 12.3. The SMILES string of the molecule is CN(CC1CCC(C(=O)N2CCC(Cc3ccncc3)CC2)CC1)C(=O)OC(C)(C)C.CN(CC1CCC(C(=O)O)CC1)C(=O)OC(C)(C)C.c1cc(CC2CCNCC2)ccn1. The maximum absolute atomic E-state index is 13.0. The van der Waals surface area contributed by atoms with Crippen LogP contribution in [0.15, 0.2) is 49.1 Å². The summed E-state index contributed by atoms with van der Waals surface area (Å²) in [5.74, 6) is 1.97. The number of carboxylic acids is 1. The molecular weight excluding hydrogens is 797 g/mol. The van der Waals surface area contributed by atoms with Crippen molar-refractivity contribution in [2.75, 3.05) is 53.4 Å². The lowest BCUT2D eigenvalue weighted by Crippen LogP contribution is -2.43. The molecular formula is C50H80N6O7. The van der Waals surface area contributed by atoms with Crippen molar-refractivity contribution in [3.63, 3.8) is 0 Å². The number of hydrogen-bond donors (Lipinski definition) is 2. The minimum absolute atomic E-state index is 0.153. The van der Waals surface area contributed by atoms with Gasteiger partial charge >= 0.3 is 18.2 Å². The van der Waals surface area contributed by atoms with Gasteiger partial charge in [-0.05, 0) is 204 Å². The lowest BCUT2D eigenvalue weighted by molar-refractivity contribution is -0.143. The van der Waals surface area contributed by atoms with E-state index in [0.29, 0.717) is 49.6 Å². The zero-order valence-corrected chi connectivity index (χ0v) is 39.9. The summed E-state index contributed by atoms with van der Waals surface area (Å²) in [5.41, 5.74) is 1.82. The van der Waals surface area contributed by atoms with E-state index in [9.17, 15) is 19.2 Å². The first-order valence-electron chi connectivity index (χ1n) is 23.7. The third-order valence-electron chi connectivity index (χ3n) is 12.8. The zero-order chi connectivity index (χ0) is 46.0. The number of carbonyl (C=O) groups excluding carboxylic acids is 3. The highest BCUT2D eigenvalue weighted by molar-refractivity contribution is 5.79. The standard InChI is InChI=1S/C25H39N3O3.C14H25NO4.C11H16N2/c1-25(2,3)31-24(30)27(4)18-21-5-7-22(8-6-21)23(29)28-15-11-20(12-16-28)17-19-9-13-26-14-10-19;1-14(2,3)19-13(18)15(4)9-10-5-7-11(8-6-10)12(16)17;1-5-12-6-2-10(1)9-11-3-7-13-8-4-11/h9-10,13-14,20-22H,5-8,11-12,15-18H2,1-4H3;10-11H,5-9H2,1-4H3,(H,16,17);1-2,5-6,11,13H,3-4,7-9H2. The minimum atomic E-state index is -0.695. The maximum Gasteiger partial charge on any atom is 0.410 e. The fourth-order valence-electron chi connectivity index (χ4n) is 9.19. The van der Waals surface area contributed by atoms with E-state index in [1.54, 1.807) is 23.9 Å². The van der Waals surface area contributed by atoms with Gasteiger partial charge < -0.3 is 34.6 Å². The number of nitrogens with one attached hydrogen (secondary N) is 1. The number of carbonyl (C=O) groups is 4. The van der Waals surface area contributed by atoms with E-state index in [2.05, 4.69) is 44.5 Å². The molecule has 2 saturated heterocycles. The Morgan fingerprint density at radius 2 is 0.984 bits per heavy atom. The number of carboxylic acid groups (broad SMARTS) is 1. The molecule has 2 saturated carbocycles. The van der Waals surface area contributed by atoms with E-state index < -0.39 is 17.2 Å². The molecule has 3 amide bonds. The van der Waals surface area contributed by atoms with Crippen LogP contribution >= 0.6 is 0 Å². The summed E-state index contributed by atoms with van der Waals surface area (Å²) >= 11 is 0. The monoisotopic (exact) mass is 877 g/mol. The maximum atomic E-state index is 13.0. The second kappa shape index (κ2) is 25.3. The van der Waals surface area contributed by atoms with Gasteiger partial charge in [0.2, 0.25) is 5.91 Å². The van der Waals surface area contributed by atoms with Crippen molar-refractivity contribution >= 4 is 24.1 Å². The Hall–Kier alpha value is -4.26. The van der Waals surface area contributed by atoms with Crippen LogP contribution in [-0.4, -0.2) is 118 Å². The normalized spacial score (nSPS) is 22.3. The molecule has 2 aromatic heterocycles. The predicted octanol–water partition coefficient (Wildman–Crippen LogP) is 8.90. The molecule has 0 spiro atoms. The number of amides is 3. The summed E-state index contributed by atoms with van der Waals surface area (Å²) in [6.45, 7) is 16.7. The van der Waals surface area contributed by atoms with Crippen LogP contribution in [0.25, 0.3) is 0 Å². The quantitative estimate of drug-likeness (QED) is 0.237. The number of hydrogen-bond acceptors (Lipinski definition) is 9. The van der Waals surface area contributed by atoms with Crippen LogP contribution in [-0.2, 0) is 31.9 Å². The van der Waals surface area contributed by atoms with Gasteiger partial charge in [-0.15, -0.1) is 0 Å². The van der Waals surface area contributed by atoms with Crippen LogP contribution in [0.2, 0.25) is 0 Å². The Bertz CT molecular complexity index is 1650. The van der Waals surface area contributed by atoms with Crippen molar-refractivity contribution in [2.45, 2.75) is 143 Å². The number of likely N-dealkylation sites (tertiary alicyclic amines) is 1. The number of pyridine rings is 2. The van der Waals surface area contributed by atoms with E-state index in [4.69, 9.17) is 14.6 Å². The van der Waals surface area contributed by atoms with E-state index in [-0.39, 0.29) is 24.0 Å². The van der Waals surface area contributed by atoms with Crippen molar-refractivity contribution in [2.24, 2.45) is 35.5 Å². The number of nitrogens with zero attached hydrogens (tertiary/aromatic N) is 5. The lowest BCUT2D eigenvalue weighted by Gasteiger charge is -2.37. The number of aromatic nitrogens is 2. The zero-order valence-electron chi connectivity index (χ0n) is 39.9. The summed E-state index contributed by atoms with van der Waals surface area (Å²) in [7, 11) is 3.54. The van der Waals surface area contributed by atoms with Gasteiger partial charge in [0, 0.05) is 71.0 Å². The van der Waals surface area contributed by atoms with Gasteiger partial charge in [-0.2, -0.15) is 0 Å². The Kier molecular flexibility index (Phi) is 20.6. The molecule has 2 aliphatic carbocycles. The third kappa shape index (κ3) is 19.6. The van der Waals surface area contributed by atoms with E-state index in [1.807, 2.05) is 66.3 Å². The number of rotatable bonds is 10. The third-order valence-corrected chi connectivity index (χ3v) is 12.8.